The molecule has 1 aromatic heterocycles. The SMILES string of the molecule is Cc1noc(C)c1CCC(=O)N(CCC(=O)O)C(C)C. The molecule has 0 saturated heterocycles. The number of carbonyl (C=O) groups is 2. The highest BCUT2D eigenvalue weighted by atomic mass is 16.5. The van der Waals surface area contributed by atoms with Crippen molar-refractivity contribution < 1.29 is 19.2 Å². The summed E-state index contributed by atoms with van der Waals surface area (Å²) in [5, 5.41) is 12.6. The van der Waals surface area contributed by atoms with E-state index < -0.39 is 5.97 Å². The van der Waals surface area contributed by atoms with Gasteiger partial charge in [-0.25, -0.2) is 0 Å². The van der Waals surface area contributed by atoms with E-state index in [1.54, 1.807) is 4.90 Å². The van der Waals surface area contributed by atoms with Gasteiger partial charge in [0.05, 0.1) is 12.1 Å². The number of aromatic nitrogens is 1. The number of carboxylic acid groups (broad SMARTS) is 1. The highest BCUT2D eigenvalue weighted by molar-refractivity contribution is 5.77. The maximum atomic E-state index is 12.2. The molecule has 0 atom stereocenters. The summed E-state index contributed by atoms with van der Waals surface area (Å²) in [6, 6.07) is -0.00785. The number of hydrogen-bond acceptors (Lipinski definition) is 4. The van der Waals surface area contributed by atoms with Gasteiger partial charge in [-0.15, -0.1) is 0 Å². The fraction of sp³-hybridized carbons (Fsp3) is 0.643. The molecule has 0 aliphatic heterocycles. The van der Waals surface area contributed by atoms with Gasteiger partial charge in [0, 0.05) is 24.6 Å². The number of amides is 1. The van der Waals surface area contributed by atoms with Crippen molar-refractivity contribution in [1.29, 1.82) is 0 Å². The van der Waals surface area contributed by atoms with Gasteiger partial charge >= 0.3 is 5.97 Å². The average Bonchev–Trinajstić information content (AvgIpc) is 2.66. The second-order valence-electron chi connectivity index (χ2n) is 5.13. The fourth-order valence-electron chi connectivity index (χ4n) is 2.12. The Morgan fingerprint density at radius 3 is 2.40 bits per heavy atom. The predicted octanol–water partition coefficient (Wildman–Crippen LogP) is 1.94. The summed E-state index contributed by atoms with van der Waals surface area (Å²) in [5.74, 6) is -0.202. The molecule has 1 heterocycles. The molecule has 0 aliphatic rings. The van der Waals surface area contributed by atoms with E-state index in [4.69, 9.17) is 9.63 Å². The van der Waals surface area contributed by atoms with Crippen LogP contribution in [0.1, 0.15) is 43.7 Å². The molecule has 1 rings (SSSR count). The molecule has 6 heteroatoms. The van der Waals surface area contributed by atoms with E-state index >= 15 is 0 Å². The molecule has 0 saturated carbocycles. The first-order chi connectivity index (χ1) is 9.32. The van der Waals surface area contributed by atoms with Gasteiger partial charge in [0.15, 0.2) is 0 Å². The van der Waals surface area contributed by atoms with Gasteiger partial charge in [0.1, 0.15) is 5.76 Å². The standard InChI is InChI=1S/C14H22N2O4/c1-9(2)16(8-7-14(18)19)13(17)6-5-12-10(3)15-20-11(12)4/h9H,5-8H2,1-4H3,(H,18,19). The van der Waals surface area contributed by atoms with E-state index in [1.807, 2.05) is 27.7 Å². The fourth-order valence-corrected chi connectivity index (χ4v) is 2.12. The number of aryl methyl sites for hydroxylation is 2. The molecule has 0 radical (unpaired) electrons. The molecule has 20 heavy (non-hydrogen) atoms. The molecule has 1 amide bonds. The molecule has 0 bridgehead atoms. The largest absolute Gasteiger partial charge is 0.481 e. The topological polar surface area (TPSA) is 83.6 Å². The Morgan fingerprint density at radius 2 is 1.95 bits per heavy atom. The second kappa shape index (κ2) is 7.07. The van der Waals surface area contributed by atoms with Crippen LogP contribution in [0.2, 0.25) is 0 Å². The minimum absolute atomic E-state index is 0.00785. The number of rotatable bonds is 7. The highest BCUT2D eigenvalue weighted by Crippen LogP contribution is 2.15. The van der Waals surface area contributed by atoms with E-state index in [1.165, 1.54) is 0 Å². The van der Waals surface area contributed by atoms with Crippen molar-refractivity contribution in [1.82, 2.24) is 10.1 Å². The second-order valence-corrected chi connectivity index (χ2v) is 5.13. The van der Waals surface area contributed by atoms with Crippen molar-refractivity contribution in [2.24, 2.45) is 0 Å². The first-order valence-electron chi connectivity index (χ1n) is 6.76. The zero-order chi connectivity index (χ0) is 15.3. The van der Waals surface area contributed by atoms with Crippen molar-refractivity contribution in [2.45, 2.75) is 53.0 Å². The third kappa shape index (κ3) is 4.36. The molecular formula is C14H22N2O4. The number of carbonyl (C=O) groups excluding carboxylic acids is 1. The Hall–Kier alpha value is -1.85. The molecule has 0 fully saturated rings. The maximum Gasteiger partial charge on any atom is 0.305 e. The molecule has 1 N–H and O–H groups in total. The molecule has 6 nitrogen and oxygen atoms in total. The van der Waals surface area contributed by atoms with Gasteiger partial charge in [-0.05, 0) is 34.1 Å². The minimum atomic E-state index is -0.894. The van der Waals surface area contributed by atoms with Crippen LogP contribution in [0.25, 0.3) is 0 Å². The zero-order valence-electron chi connectivity index (χ0n) is 12.5. The Morgan fingerprint density at radius 1 is 1.30 bits per heavy atom. The molecular weight excluding hydrogens is 260 g/mol. The summed E-state index contributed by atoms with van der Waals surface area (Å²) in [6.45, 7) is 7.68. The summed E-state index contributed by atoms with van der Waals surface area (Å²) in [5.41, 5.74) is 1.76. The van der Waals surface area contributed by atoms with Crippen molar-refractivity contribution in [2.75, 3.05) is 6.54 Å². The van der Waals surface area contributed by atoms with Crippen LogP contribution in [0.3, 0.4) is 0 Å². The van der Waals surface area contributed by atoms with Gasteiger partial charge in [-0.3, -0.25) is 9.59 Å². The highest BCUT2D eigenvalue weighted by Gasteiger charge is 2.19. The number of aliphatic carboxylic acids is 1. The van der Waals surface area contributed by atoms with E-state index in [0.29, 0.717) is 12.8 Å². The van der Waals surface area contributed by atoms with Gasteiger partial charge in [0.2, 0.25) is 5.91 Å². The molecule has 0 aromatic carbocycles. The van der Waals surface area contributed by atoms with Gasteiger partial charge < -0.3 is 14.5 Å². The Balaban J connectivity index is 2.60. The van der Waals surface area contributed by atoms with E-state index in [-0.39, 0.29) is 24.9 Å². The molecule has 0 aliphatic carbocycles. The smallest absolute Gasteiger partial charge is 0.305 e. The molecule has 0 spiro atoms. The van der Waals surface area contributed by atoms with Crippen molar-refractivity contribution in [3.05, 3.63) is 17.0 Å². The lowest BCUT2D eigenvalue weighted by Gasteiger charge is -2.26. The van der Waals surface area contributed by atoms with Crippen molar-refractivity contribution in [3.8, 4) is 0 Å². The first kappa shape index (κ1) is 16.2. The van der Waals surface area contributed by atoms with Gasteiger partial charge in [0.25, 0.3) is 0 Å². The Bertz CT molecular complexity index is 460. The average molecular weight is 282 g/mol. The van der Waals surface area contributed by atoms with Crippen LogP contribution < -0.4 is 0 Å². The molecule has 112 valence electrons. The van der Waals surface area contributed by atoms with E-state index in [0.717, 1.165) is 17.0 Å². The first-order valence-corrected chi connectivity index (χ1v) is 6.76. The lowest BCUT2D eigenvalue weighted by Crippen LogP contribution is -2.38. The van der Waals surface area contributed by atoms with Gasteiger partial charge in [-0.2, -0.15) is 0 Å². The lowest BCUT2D eigenvalue weighted by atomic mass is 10.1. The normalized spacial score (nSPS) is 10.8. The van der Waals surface area contributed by atoms with E-state index in [9.17, 15) is 9.59 Å². The third-order valence-corrected chi connectivity index (χ3v) is 3.28. The minimum Gasteiger partial charge on any atom is -0.481 e. The van der Waals surface area contributed by atoms with Crippen LogP contribution in [0.15, 0.2) is 4.52 Å². The maximum absolute atomic E-state index is 12.2. The van der Waals surface area contributed by atoms with Crippen LogP contribution in [0, 0.1) is 13.8 Å². The molecule has 0 unspecified atom stereocenters. The summed E-state index contributed by atoms with van der Waals surface area (Å²) in [7, 11) is 0. The summed E-state index contributed by atoms with van der Waals surface area (Å²) in [4.78, 5) is 24.4. The molecule has 1 aromatic rings. The Kier molecular flexibility index (Phi) is 5.73. The predicted molar refractivity (Wildman–Crippen MR) is 73.4 cm³/mol. The van der Waals surface area contributed by atoms with Gasteiger partial charge in [-0.1, -0.05) is 5.16 Å². The summed E-state index contributed by atoms with van der Waals surface area (Å²) in [6.07, 6.45) is 0.867. The van der Waals surface area contributed by atoms with Crippen LogP contribution >= 0.6 is 0 Å². The number of hydrogen-bond donors (Lipinski definition) is 1. The third-order valence-electron chi connectivity index (χ3n) is 3.28. The van der Waals surface area contributed by atoms with Crippen molar-refractivity contribution >= 4 is 11.9 Å². The number of carboxylic acids is 1. The number of nitrogens with zero attached hydrogens (tertiary/aromatic N) is 2. The Labute approximate surface area is 118 Å². The summed E-state index contributed by atoms with van der Waals surface area (Å²) >= 11 is 0. The van der Waals surface area contributed by atoms with Crippen molar-refractivity contribution in [3.63, 3.8) is 0 Å². The van der Waals surface area contributed by atoms with Crippen LogP contribution in [-0.2, 0) is 16.0 Å². The van der Waals surface area contributed by atoms with Crippen LogP contribution in [0.5, 0.6) is 0 Å². The zero-order valence-corrected chi connectivity index (χ0v) is 12.5. The van der Waals surface area contributed by atoms with Crippen LogP contribution in [0.4, 0.5) is 0 Å². The monoisotopic (exact) mass is 282 g/mol. The van der Waals surface area contributed by atoms with E-state index in [2.05, 4.69) is 5.16 Å². The quantitative estimate of drug-likeness (QED) is 0.826. The van der Waals surface area contributed by atoms with Crippen LogP contribution in [-0.4, -0.2) is 39.6 Å². The lowest BCUT2D eigenvalue weighted by molar-refractivity contribution is -0.139. The summed E-state index contributed by atoms with van der Waals surface area (Å²) < 4.78 is 5.06.